The third kappa shape index (κ3) is 4.58. The number of morpholine rings is 1. The molecule has 2 aliphatic rings. The van der Waals surface area contributed by atoms with Crippen LogP contribution in [-0.4, -0.2) is 86.5 Å². The summed E-state index contributed by atoms with van der Waals surface area (Å²) in [6, 6.07) is 3.14. The summed E-state index contributed by atoms with van der Waals surface area (Å²) in [7, 11) is -3.50. The van der Waals surface area contributed by atoms with Crippen LogP contribution in [0.3, 0.4) is 0 Å². The van der Waals surface area contributed by atoms with Crippen LogP contribution in [0.1, 0.15) is 13.8 Å². The van der Waals surface area contributed by atoms with Gasteiger partial charge in [-0.25, -0.2) is 8.42 Å². The number of halogens is 1. The van der Waals surface area contributed by atoms with E-state index in [1.807, 2.05) is 23.6 Å². The highest BCUT2D eigenvalue weighted by Crippen LogP contribution is 2.28. The van der Waals surface area contributed by atoms with E-state index in [4.69, 9.17) is 16.3 Å². The molecular weight excluding hydrogens is 398 g/mol. The van der Waals surface area contributed by atoms with Crippen molar-refractivity contribution in [2.24, 2.45) is 0 Å². The van der Waals surface area contributed by atoms with Gasteiger partial charge in [-0.2, -0.15) is 4.31 Å². The topological polar surface area (TPSA) is 70.2 Å². The molecule has 1 aromatic heterocycles. The second-order valence-electron chi connectivity index (χ2n) is 6.79. The molecule has 0 spiro atoms. The number of carbonyl (C=O) groups excluding carboxylic acids is 1. The number of piperazine rings is 1. The Kier molecular flexibility index (Phi) is 6.25. The molecule has 26 heavy (non-hydrogen) atoms. The summed E-state index contributed by atoms with van der Waals surface area (Å²) in [6.07, 6.45) is 0.0876. The Morgan fingerprint density at radius 3 is 2.35 bits per heavy atom. The van der Waals surface area contributed by atoms with Gasteiger partial charge in [0.2, 0.25) is 5.91 Å². The van der Waals surface area contributed by atoms with E-state index in [0.717, 1.165) is 11.3 Å². The van der Waals surface area contributed by atoms with Crippen LogP contribution in [0.15, 0.2) is 16.3 Å². The van der Waals surface area contributed by atoms with Crippen LogP contribution in [0.2, 0.25) is 4.34 Å². The molecule has 0 aliphatic carbocycles. The zero-order valence-electron chi connectivity index (χ0n) is 14.9. The molecular formula is C16H24ClN3O4S2. The van der Waals surface area contributed by atoms with Gasteiger partial charge in [0.25, 0.3) is 10.0 Å². The quantitative estimate of drug-likeness (QED) is 0.733. The minimum absolute atomic E-state index is 0.0438. The van der Waals surface area contributed by atoms with Crippen molar-refractivity contribution >= 4 is 38.9 Å². The van der Waals surface area contributed by atoms with E-state index in [2.05, 4.69) is 0 Å². The fourth-order valence-corrected chi connectivity index (χ4v) is 6.42. The molecule has 1 aromatic rings. The Morgan fingerprint density at radius 2 is 1.81 bits per heavy atom. The van der Waals surface area contributed by atoms with Crippen molar-refractivity contribution in [3.05, 3.63) is 16.5 Å². The van der Waals surface area contributed by atoms with Crippen LogP contribution in [-0.2, 0) is 19.6 Å². The molecule has 0 N–H and O–H groups in total. The lowest BCUT2D eigenvalue weighted by molar-refractivity contribution is -0.144. The highest BCUT2D eigenvalue weighted by atomic mass is 35.5. The Labute approximate surface area is 163 Å². The largest absolute Gasteiger partial charge is 0.372 e. The maximum Gasteiger partial charge on any atom is 0.252 e. The van der Waals surface area contributed by atoms with Crippen molar-refractivity contribution in [1.82, 2.24) is 14.1 Å². The first-order valence-electron chi connectivity index (χ1n) is 8.67. The van der Waals surface area contributed by atoms with E-state index in [1.165, 1.54) is 4.31 Å². The SMILES string of the molecule is C[C@@H]1CN(C(=O)CN2CCN(S(=O)(=O)c3ccc(Cl)s3)CC2)C[C@H](C)O1. The third-order valence-electron chi connectivity index (χ3n) is 4.61. The summed E-state index contributed by atoms with van der Waals surface area (Å²) in [5.41, 5.74) is 0. The molecule has 0 aromatic carbocycles. The zero-order valence-corrected chi connectivity index (χ0v) is 17.3. The normalized spacial score (nSPS) is 26.2. The lowest BCUT2D eigenvalue weighted by Gasteiger charge is -2.38. The molecule has 146 valence electrons. The van der Waals surface area contributed by atoms with Gasteiger partial charge in [0.05, 0.1) is 23.1 Å². The molecule has 2 fully saturated rings. The van der Waals surface area contributed by atoms with Gasteiger partial charge in [-0.05, 0) is 26.0 Å². The van der Waals surface area contributed by atoms with E-state index in [9.17, 15) is 13.2 Å². The predicted molar refractivity (Wildman–Crippen MR) is 101 cm³/mol. The fraction of sp³-hybridized carbons (Fsp3) is 0.688. The smallest absolute Gasteiger partial charge is 0.252 e. The summed E-state index contributed by atoms with van der Waals surface area (Å²) >= 11 is 6.92. The van der Waals surface area contributed by atoms with Gasteiger partial charge in [-0.1, -0.05) is 11.6 Å². The predicted octanol–water partition coefficient (Wildman–Crippen LogP) is 1.34. The summed E-state index contributed by atoms with van der Waals surface area (Å²) in [5, 5.41) is 0. The van der Waals surface area contributed by atoms with Gasteiger partial charge in [0, 0.05) is 39.3 Å². The highest BCUT2D eigenvalue weighted by molar-refractivity contribution is 7.91. The lowest BCUT2D eigenvalue weighted by Crippen LogP contribution is -2.54. The van der Waals surface area contributed by atoms with Crippen molar-refractivity contribution in [3.8, 4) is 0 Å². The number of hydrogen-bond acceptors (Lipinski definition) is 6. The van der Waals surface area contributed by atoms with Crippen LogP contribution >= 0.6 is 22.9 Å². The first-order valence-corrected chi connectivity index (χ1v) is 11.3. The lowest BCUT2D eigenvalue weighted by atomic mass is 10.2. The molecule has 0 radical (unpaired) electrons. The first kappa shape index (κ1) is 20.0. The van der Waals surface area contributed by atoms with E-state index >= 15 is 0 Å². The van der Waals surface area contributed by atoms with Crippen LogP contribution in [0.5, 0.6) is 0 Å². The molecule has 3 heterocycles. The minimum Gasteiger partial charge on any atom is -0.372 e. The number of ether oxygens (including phenoxy) is 1. The van der Waals surface area contributed by atoms with Crippen LogP contribution < -0.4 is 0 Å². The van der Waals surface area contributed by atoms with Crippen molar-refractivity contribution in [1.29, 1.82) is 0 Å². The molecule has 1 amide bonds. The van der Waals surface area contributed by atoms with Gasteiger partial charge < -0.3 is 9.64 Å². The Balaban J connectivity index is 1.53. The van der Waals surface area contributed by atoms with Crippen molar-refractivity contribution in [3.63, 3.8) is 0 Å². The maximum absolute atomic E-state index is 12.6. The molecule has 0 unspecified atom stereocenters. The highest BCUT2D eigenvalue weighted by Gasteiger charge is 2.32. The number of hydrogen-bond donors (Lipinski definition) is 0. The van der Waals surface area contributed by atoms with E-state index in [-0.39, 0.29) is 22.3 Å². The fourth-order valence-electron chi connectivity index (χ4n) is 3.36. The average molecular weight is 422 g/mol. The number of amides is 1. The van der Waals surface area contributed by atoms with Crippen LogP contribution in [0.4, 0.5) is 0 Å². The van der Waals surface area contributed by atoms with Crippen molar-refractivity contribution in [2.45, 2.75) is 30.3 Å². The van der Waals surface area contributed by atoms with Gasteiger partial charge in [0.15, 0.2) is 0 Å². The summed E-state index contributed by atoms with van der Waals surface area (Å²) in [4.78, 5) is 16.4. The van der Waals surface area contributed by atoms with Gasteiger partial charge in [-0.15, -0.1) is 11.3 Å². The average Bonchev–Trinajstić information content (AvgIpc) is 3.02. The van der Waals surface area contributed by atoms with E-state index in [0.29, 0.717) is 50.1 Å². The molecule has 2 saturated heterocycles. The molecule has 2 atom stereocenters. The van der Waals surface area contributed by atoms with E-state index in [1.54, 1.807) is 12.1 Å². The first-order chi connectivity index (χ1) is 12.3. The zero-order chi connectivity index (χ0) is 18.9. The summed E-state index contributed by atoms with van der Waals surface area (Å²) in [5.74, 6) is 0.0772. The second-order valence-corrected chi connectivity index (χ2v) is 10.7. The number of thiophene rings is 1. The number of nitrogens with zero attached hydrogens (tertiary/aromatic N) is 3. The standard InChI is InChI=1S/C16H24ClN3O4S2/c1-12-9-19(10-13(2)24-12)15(21)11-18-5-7-20(8-6-18)26(22,23)16-4-3-14(17)25-16/h3-4,12-13H,5-11H2,1-2H3/t12-,13+. The number of carbonyl (C=O) groups is 1. The Bertz CT molecular complexity index is 736. The molecule has 7 nitrogen and oxygen atoms in total. The molecule has 10 heteroatoms. The van der Waals surface area contributed by atoms with Crippen molar-refractivity contribution in [2.75, 3.05) is 45.8 Å². The van der Waals surface area contributed by atoms with Crippen LogP contribution in [0.25, 0.3) is 0 Å². The number of sulfonamides is 1. The third-order valence-corrected chi connectivity index (χ3v) is 8.20. The molecule has 0 bridgehead atoms. The Hall–Kier alpha value is -0.710. The summed E-state index contributed by atoms with van der Waals surface area (Å²) in [6.45, 7) is 7.30. The second kappa shape index (κ2) is 8.12. The number of rotatable bonds is 4. The molecule has 0 saturated carbocycles. The van der Waals surface area contributed by atoms with Crippen molar-refractivity contribution < 1.29 is 17.9 Å². The van der Waals surface area contributed by atoms with Crippen LogP contribution in [0, 0.1) is 0 Å². The van der Waals surface area contributed by atoms with E-state index < -0.39 is 10.0 Å². The molecule has 2 aliphatic heterocycles. The van der Waals surface area contributed by atoms with Gasteiger partial charge >= 0.3 is 0 Å². The molecule has 3 rings (SSSR count). The van der Waals surface area contributed by atoms with Gasteiger partial charge in [-0.3, -0.25) is 9.69 Å². The minimum atomic E-state index is -3.50. The van der Waals surface area contributed by atoms with Gasteiger partial charge in [0.1, 0.15) is 4.21 Å². The Morgan fingerprint density at radius 1 is 1.19 bits per heavy atom. The monoisotopic (exact) mass is 421 g/mol. The summed E-state index contributed by atoms with van der Waals surface area (Å²) < 4.78 is 33.1. The maximum atomic E-state index is 12.6.